The predicted molar refractivity (Wildman–Crippen MR) is 113 cm³/mol. The highest BCUT2D eigenvalue weighted by Gasteiger charge is 2.46. The van der Waals surface area contributed by atoms with E-state index < -0.39 is 26.8 Å². The van der Waals surface area contributed by atoms with Crippen LogP contribution in [0.4, 0.5) is 10.5 Å². The fraction of sp³-hybridized carbons (Fsp3) is 0.273. The highest BCUT2D eigenvalue weighted by Crippen LogP contribution is 2.42. The number of carbonyl (C=O) groups excluding carboxylic acids is 1. The van der Waals surface area contributed by atoms with Gasteiger partial charge in [0.2, 0.25) is 0 Å². The summed E-state index contributed by atoms with van der Waals surface area (Å²) in [5, 5.41) is 7.72. The molecule has 2 aromatic rings. The number of fused-ring (bicyclic) bond motifs is 1. The van der Waals surface area contributed by atoms with E-state index in [1.807, 2.05) is 0 Å². The summed E-state index contributed by atoms with van der Waals surface area (Å²) in [4.78, 5) is 23.7. The summed E-state index contributed by atoms with van der Waals surface area (Å²) >= 11 is 0. The van der Waals surface area contributed by atoms with Gasteiger partial charge < -0.3 is 9.84 Å². The van der Waals surface area contributed by atoms with Crippen LogP contribution in [0.5, 0.6) is 0 Å². The fourth-order valence-electron chi connectivity index (χ4n) is 3.51. The molecule has 0 aromatic heterocycles. The second-order valence-corrected chi connectivity index (χ2v) is 9.12. The number of nitrogens with zero attached hydrogens (tertiary/aromatic N) is 1. The standard InChI is InChI=1S/C22H23NO6S/c1-22(2)18(12-13-20(24)25)14-17-10-6-7-11-19(17)23(22)30(27,28)21(26)29-15-16-8-4-3-5-9-16/h3-11,14H,12-13,15H2,1-2H3,(H,24,25). The Morgan fingerprint density at radius 2 is 1.67 bits per heavy atom. The number of anilines is 1. The lowest BCUT2D eigenvalue weighted by molar-refractivity contribution is -0.136. The SMILES string of the molecule is CC1(C)C(CCC(=O)O)=Cc2ccccc2N1S(=O)(=O)C(=O)OCc1ccccc1. The molecule has 0 spiro atoms. The molecule has 0 saturated heterocycles. The second-order valence-electron chi connectivity index (χ2n) is 7.47. The Morgan fingerprint density at radius 3 is 2.33 bits per heavy atom. The van der Waals surface area contributed by atoms with Crippen LogP contribution in [0.3, 0.4) is 0 Å². The molecule has 1 N–H and O–H groups in total. The topological polar surface area (TPSA) is 101 Å². The molecule has 8 heteroatoms. The van der Waals surface area contributed by atoms with E-state index >= 15 is 0 Å². The van der Waals surface area contributed by atoms with E-state index in [0.717, 1.165) is 4.31 Å². The van der Waals surface area contributed by atoms with E-state index in [1.165, 1.54) is 0 Å². The second kappa shape index (κ2) is 8.31. The lowest BCUT2D eigenvalue weighted by Crippen LogP contribution is -2.53. The molecular weight excluding hydrogens is 406 g/mol. The molecule has 158 valence electrons. The highest BCUT2D eigenvalue weighted by atomic mass is 32.2. The Labute approximate surface area is 175 Å². The first kappa shape index (κ1) is 21.6. The molecule has 1 heterocycles. The number of ether oxygens (including phenoxy) is 1. The van der Waals surface area contributed by atoms with E-state index in [9.17, 15) is 18.0 Å². The van der Waals surface area contributed by atoms with Crippen molar-refractivity contribution in [1.82, 2.24) is 0 Å². The number of hydrogen-bond donors (Lipinski definition) is 1. The number of rotatable bonds is 6. The third-order valence-electron chi connectivity index (χ3n) is 5.04. The lowest BCUT2D eigenvalue weighted by atomic mass is 9.85. The van der Waals surface area contributed by atoms with Crippen molar-refractivity contribution in [3.63, 3.8) is 0 Å². The van der Waals surface area contributed by atoms with Gasteiger partial charge in [-0.15, -0.1) is 0 Å². The minimum atomic E-state index is -4.54. The molecule has 0 aliphatic carbocycles. The zero-order valence-electron chi connectivity index (χ0n) is 16.7. The number of benzene rings is 2. The van der Waals surface area contributed by atoms with E-state index in [0.29, 0.717) is 22.4 Å². The van der Waals surface area contributed by atoms with Gasteiger partial charge in [-0.3, -0.25) is 9.10 Å². The van der Waals surface area contributed by atoms with Gasteiger partial charge in [0, 0.05) is 6.42 Å². The number of sulfonamides is 1. The van der Waals surface area contributed by atoms with E-state index in [-0.39, 0.29) is 19.4 Å². The van der Waals surface area contributed by atoms with Gasteiger partial charge in [-0.25, -0.2) is 4.79 Å². The first-order valence-electron chi connectivity index (χ1n) is 9.42. The van der Waals surface area contributed by atoms with Crippen LogP contribution in [0.15, 0.2) is 60.2 Å². The molecule has 0 atom stereocenters. The van der Waals surface area contributed by atoms with Gasteiger partial charge >= 0.3 is 21.3 Å². The van der Waals surface area contributed by atoms with Crippen LogP contribution in [0.2, 0.25) is 0 Å². The molecule has 2 aromatic carbocycles. The molecule has 1 aliphatic heterocycles. The third-order valence-corrected chi connectivity index (χ3v) is 6.71. The van der Waals surface area contributed by atoms with Crippen LogP contribution in [0.25, 0.3) is 6.08 Å². The molecule has 30 heavy (non-hydrogen) atoms. The van der Waals surface area contributed by atoms with Crippen molar-refractivity contribution < 1.29 is 27.9 Å². The molecule has 3 rings (SSSR count). The van der Waals surface area contributed by atoms with Crippen molar-refractivity contribution in [3.05, 3.63) is 71.3 Å². The smallest absolute Gasteiger partial charge is 0.445 e. The van der Waals surface area contributed by atoms with Gasteiger partial charge in [0.15, 0.2) is 0 Å². The molecule has 1 aliphatic rings. The van der Waals surface area contributed by atoms with Crippen LogP contribution in [-0.2, 0) is 26.2 Å². The van der Waals surface area contributed by atoms with Crippen molar-refractivity contribution in [1.29, 1.82) is 0 Å². The van der Waals surface area contributed by atoms with Crippen LogP contribution in [0.1, 0.15) is 37.8 Å². The summed E-state index contributed by atoms with van der Waals surface area (Å²) in [5.41, 5.74) is 1.06. The van der Waals surface area contributed by atoms with Gasteiger partial charge in [-0.2, -0.15) is 8.42 Å². The average Bonchev–Trinajstić information content (AvgIpc) is 2.70. The van der Waals surface area contributed by atoms with Crippen molar-refractivity contribution in [3.8, 4) is 0 Å². The first-order valence-corrected chi connectivity index (χ1v) is 10.9. The van der Waals surface area contributed by atoms with Crippen LogP contribution < -0.4 is 4.31 Å². The zero-order valence-corrected chi connectivity index (χ0v) is 17.6. The van der Waals surface area contributed by atoms with Crippen molar-refractivity contribution in [2.24, 2.45) is 0 Å². The largest absolute Gasteiger partial charge is 0.481 e. The Kier molecular flexibility index (Phi) is 5.98. The Morgan fingerprint density at radius 1 is 1.03 bits per heavy atom. The van der Waals surface area contributed by atoms with E-state index in [1.54, 1.807) is 74.5 Å². The van der Waals surface area contributed by atoms with E-state index in [4.69, 9.17) is 9.84 Å². The maximum Gasteiger partial charge on any atom is 0.445 e. The van der Waals surface area contributed by atoms with Crippen molar-refractivity contribution in [2.75, 3.05) is 4.31 Å². The summed E-state index contributed by atoms with van der Waals surface area (Å²) < 4.78 is 32.7. The Hall–Kier alpha value is -3.13. The molecule has 0 amide bonds. The van der Waals surface area contributed by atoms with Gasteiger partial charge in [-0.05, 0) is 43.0 Å². The number of carboxylic acids is 1. The molecule has 0 fully saturated rings. The summed E-state index contributed by atoms with van der Waals surface area (Å²) in [6, 6.07) is 15.6. The molecule has 7 nitrogen and oxygen atoms in total. The number of carboxylic acid groups (broad SMARTS) is 1. The van der Waals surface area contributed by atoms with Crippen molar-refractivity contribution in [2.45, 2.75) is 38.8 Å². The van der Waals surface area contributed by atoms with Crippen LogP contribution >= 0.6 is 0 Å². The Balaban J connectivity index is 1.96. The maximum absolute atomic E-state index is 13.3. The van der Waals surface area contributed by atoms with Crippen molar-refractivity contribution >= 4 is 33.1 Å². The molecule has 0 radical (unpaired) electrons. The molecule has 0 unspecified atom stereocenters. The molecule has 0 bridgehead atoms. The molecule has 0 saturated carbocycles. The minimum absolute atomic E-state index is 0.149. The van der Waals surface area contributed by atoms with Crippen LogP contribution in [0, 0.1) is 0 Å². The number of carbonyl (C=O) groups is 2. The number of hydrogen-bond acceptors (Lipinski definition) is 5. The summed E-state index contributed by atoms with van der Waals surface area (Å²) in [5.74, 6) is -0.984. The summed E-state index contributed by atoms with van der Waals surface area (Å²) in [7, 11) is -4.54. The zero-order chi connectivity index (χ0) is 21.9. The van der Waals surface area contributed by atoms with Gasteiger partial charge in [-0.1, -0.05) is 54.6 Å². The van der Waals surface area contributed by atoms with Crippen LogP contribution in [-0.4, -0.2) is 30.3 Å². The maximum atomic E-state index is 13.3. The average molecular weight is 429 g/mol. The fourth-order valence-corrected chi connectivity index (χ4v) is 5.01. The predicted octanol–water partition coefficient (Wildman–Crippen LogP) is 4.20. The number of aliphatic carboxylic acids is 1. The normalized spacial score (nSPS) is 15.1. The minimum Gasteiger partial charge on any atom is -0.481 e. The van der Waals surface area contributed by atoms with Gasteiger partial charge in [0.1, 0.15) is 6.61 Å². The monoisotopic (exact) mass is 429 g/mol. The van der Waals surface area contributed by atoms with E-state index in [2.05, 4.69) is 0 Å². The van der Waals surface area contributed by atoms with Gasteiger partial charge in [0.25, 0.3) is 0 Å². The third kappa shape index (κ3) is 4.23. The molecular formula is C22H23NO6S. The lowest BCUT2D eigenvalue weighted by Gasteiger charge is -2.43. The number of para-hydroxylation sites is 1. The van der Waals surface area contributed by atoms with Gasteiger partial charge in [0.05, 0.1) is 11.2 Å². The Bertz CT molecular complexity index is 1090. The summed E-state index contributed by atoms with van der Waals surface area (Å²) in [6.07, 6.45) is 1.80. The first-order chi connectivity index (χ1) is 14.1. The highest BCUT2D eigenvalue weighted by molar-refractivity contribution is 8.06. The summed E-state index contributed by atoms with van der Waals surface area (Å²) in [6.45, 7) is 3.13. The quantitative estimate of drug-likeness (QED) is 0.691.